The largest absolute Gasteiger partial charge is 0.493 e. The van der Waals surface area contributed by atoms with Gasteiger partial charge in [-0.3, -0.25) is 9.59 Å². The van der Waals surface area contributed by atoms with E-state index in [0.717, 1.165) is 21.3 Å². The zero-order valence-electron chi connectivity index (χ0n) is 15.0. The van der Waals surface area contributed by atoms with Crippen LogP contribution >= 0.6 is 15.9 Å². The predicted molar refractivity (Wildman–Crippen MR) is 109 cm³/mol. The molecule has 1 N–H and O–H groups in total. The monoisotopic (exact) mass is 439 g/mol. The number of ether oxygens (including phenoxy) is 1. The summed E-state index contributed by atoms with van der Waals surface area (Å²) in [7, 11) is 0. The van der Waals surface area contributed by atoms with Gasteiger partial charge >= 0.3 is 0 Å². The van der Waals surface area contributed by atoms with Crippen molar-refractivity contribution in [2.24, 2.45) is 0 Å². The molecule has 0 bridgehead atoms. The molecular weight excluding hydrogens is 422 g/mol. The Labute approximate surface area is 170 Å². The van der Waals surface area contributed by atoms with E-state index in [1.165, 1.54) is 10.7 Å². The molecular formula is C21H18BrN3O3. The lowest BCUT2D eigenvalue weighted by Crippen LogP contribution is -2.37. The number of halogens is 1. The fourth-order valence-corrected chi connectivity index (χ4v) is 3.60. The average molecular weight is 440 g/mol. The fourth-order valence-electron chi connectivity index (χ4n) is 3.22. The topological polar surface area (TPSA) is 73.2 Å². The third kappa shape index (κ3) is 3.99. The molecule has 1 amide bonds. The van der Waals surface area contributed by atoms with E-state index in [9.17, 15) is 9.59 Å². The number of aromatic nitrogens is 2. The minimum atomic E-state index is -0.315. The Morgan fingerprint density at radius 1 is 1.18 bits per heavy atom. The molecule has 142 valence electrons. The summed E-state index contributed by atoms with van der Waals surface area (Å²) in [5.41, 5.74) is 2.14. The number of rotatable bonds is 4. The van der Waals surface area contributed by atoms with Gasteiger partial charge in [0.05, 0.1) is 18.3 Å². The Morgan fingerprint density at radius 2 is 2.00 bits per heavy atom. The van der Waals surface area contributed by atoms with E-state index in [1.807, 2.05) is 48.5 Å². The van der Waals surface area contributed by atoms with Crippen molar-refractivity contribution < 1.29 is 9.53 Å². The highest BCUT2D eigenvalue weighted by molar-refractivity contribution is 9.10. The lowest BCUT2D eigenvalue weighted by molar-refractivity contribution is -0.122. The van der Waals surface area contributed by atoms with Crippen LogP contribution in [-0.4, -0.2) is 22.3 Å². The number of carbonyl (C=O) groups excluding carboxylic acids is 1. The van der Waals surface area contributed by atoms with E-state index < -0.39 is 0 Å². The zero-order valence-corrected chi connectivity index (χ0v) is 16.6. The van der Waals surface area contributed by atoms with E-state index in [2.05, 4.69) is 26.3 Å². The van der Waals surface area contributed by atoms with Gasteiger partial charge in [-0.05, 0) is 24.3 Å². The van der Waals surface area contributed by atoms with Crippen LogP contribution in [0.1, 0.15) is 18.0 Å². The van der Waals surface area contributed by atoms with Gasteiger partial charge in [-0.25, -0.2) is 4.68 Å². The molecule has 7 heteroatoms. The van der Waals surface area contributed by atoms with Gasteiger partial charge in [-0.1, -0.05) is 46.3 Å². The molecule has 0 saturated carbocycles. The summed E-state index contributed by atoms with van der Waals surface area (Å²) in [5, 5.41) is 7.34. The Kier molecular flexibility index (Phi) is 5.25. The molecule has 0 fully saturated rings. The Morgan fingerprint density at radius 3 is 2.82 bits per heavy atom. The molecule has 2 heterocycles. The summed E-state index contributed by atoms with van der Waals surface area (Å²) in [6, 6.07) is 18.2. The third-order valence-electron chi connectivity index (χ3n) is 4.58. The van der Waals surface area contributed by atoms with Gasteiger partial charge in [0.25, 0.3) is 5.56 Å². The van der Waals surface area contributed by atoms with Crippen molar-refractivity contribution in [2.75, 3.05) is 6.61 Å². The lowest BCUT2D eigenvalue weighted by Gasteiger charge is -2.27. The quantitative estimate of drug-likeness (QED) is 0.676. The second-order valence-corrected chi connectivity index (χ2v) is 7.44. The molecule has 4 rings (SSSR count). The number of nitrogens with one attached hydrogen (secondary N) is 1. The van der Waals surface area contributed by atoms with Crippen LogP contribution in [0.2, 0.25) is 0 Å². The molecule has 1 atom stereocenters. The second kappa shape index (κ2) is 7.98. The van der Waals surface area contributed by atoms with Gasteiger partial charge in [-0.15, -0.1) is 0 Å². The first kappa shape index (κ1) is 18.4. The van der Waals surface area contributed by atoms with E-state index in [0.29, 0.717) is 18.7 Å². The summed E-state index contributed by atoms with van der Waals surface area (Å²) < 4.78 is 7.77. The van der Waals surface area contributed by atoms with Gasteiger partial charge in [0, 0.05) is 28.1 Å². The number of nitrogens with zero attached hydrogens (tertiary/aromatic N) is 2. The van der Waals surface area contributed by atoms with Crippen molar-refractivity contribution in [1.29, 1.82) is 0 Å². The Bertz CT molecular complexity index is 1070. The van der Waals surface area contributed by atoms with E-state index in [1.54, 1.807) is 6.07 Å². The lowest BCUT2D eigenvalue weighted by atomic mass is 10.0. The highest BCUT2D eigenvalue weighted by Crippen LogP contribution is 2.34. The number of amides is 1. The van der Waals surface area contributed by atoms with Crippen LogP contribution in [0.25, 0.3) is 11.3 Å². The number of carbonyl (C=O) groups is 1. The van der Waals surface area contributed by atoms with Crippen LogP contribution in [0.5, 0.6) is 5.75 Å². The maximum Gasteiger partial charge on any atom is 0.267 e. The van der Waals surface area contributed by atoms with Crippen molar-refractivity contribution in [3.05, 3.63) is 81.1 Å². The van der Waals surface area contributed by atoms with E-state index in [-0.39, 0.29) is 24.1 Å². The smallest absolute Gasteiger partial charge is 0.267 e. The number of benzene rings is 2. The van der Waals surface area contributed by atoms with E-state index >= 15 is 0 Å². The highest BCUT2D eigenvalue weighted by Gasteiger charge is 2.23. The molecule has 0 radical (unpaired) electrons. The van der Waals surface area contributed by atoms with Crippen LogP contribution in [0.4, 0.5) is 0 Å². The normalized spacial score (nSPS) is 15.4. The highest BCUT2D eigenvalue weighted by atomic mass is 79.9. The van der Waals surface area contributed by atoms with Crippen molar-refractivity contribution in [2.45, 2.75) is 19.0 Å². The number of hydrogen-bond acceptors (Lipinski definition) is 4. The number of hydrogen-bond donors (Lipinski definition) is 1. The van der Waals surface area contributed by atoms with Crippen LogP contribution in [0, 0.1) is 0 Å². The molecule has 1 unspecified atom stereocenters. The van der Waals surface area contributed by atoms with Crippen LogP contribution in [0.3, 0.4) is 0 Å². The molecule has 2 aromatic carbocycles. The molecule has 28 heavy (non-hydrogen) atoms. The van der Waals surface area contributed by atoms with Crippen LogP contribution < -0.4 is 15.6 Å². The van der Waals surface area contributed by atoms with Gasteiger partial charge in [0.1, 0.15) is 12.3 Å². The van der Waals surface area contributed by atoms with Gasteiger partial charge in [0.2, 0.25) is 5.91 Å². The third-order valence-corrected chi connectivity index (χ3v) is 5.07. The molecule has 3 aromatic rings. The van der Waals surface area contributed by atoms with Crippen molar-refractivity contribution in [1.82, 2.24) is 15.1 Å². The molecule has 1 aliphatic heterocycles. The summed E-state index contributed by atoms with van der Waals surface area (Å²) in [6.45, 7) is 0.390. The number of fused-ring (bicyclic) bond motifs is 1. The predicted octanol–water partition coefficient (Wildman–Crippen LogP) is 3.31. The minimum absolute atomic E-state index is 0.139. The van der Waals surface area contributed by atoms with Gasteiger partial charge in [-0.2, -0.15) is 5.10 Å². The van der Waals surface area contributed by atoms with Crippen molar-refractivity contribution >= 4 is 21.8 Å². The summed E-state index contributed by atoms with van der Waals surface area (Å²) >= 11 is 3.45. The SMILES string of the molecule is O=C(Cn1nc(-c2ccccc2)ccc1=O)NC1CCOc2ccc(Br)cc21. The van der Waals surface area contributed by atoms with Gasteiger partial charge in [0.15, 0.2) is 0 Å². The Balaban J connectivity index is 1.52. The first-order chi connectivity index (χ1) is 13.6. The Hall–Kier alpha value is -2.93. The maximum absolute atomic E-state index is 12.6. The molecule has 0 spiro atoms. The molecule has 6 nitrogen and oxygen atoms in total. The first-order valence-electron chi connectivity index (χ1n) is 8.95. The molecule has 1 aliphatic rings. The van der Waals surface area contributed by atoms with Gasteiger partial charge < -0.3 is 10.1 Å². The van der Waals surface area contributed by atoms with Crippen molar-refractivity contribution in [3.8, 4) is 17.0 Å². The fraction of sp³-hybridized carbons (Fsp3) is 0.190. The molecule has 0 saturated heterocycles. The zero-order chi connectivity index (χ0) is 19.5. The standard InChI is InChI=1S/C21H18BrN3O3/c22-15-6-8-19-16(12-15)18(10-11-28-19)23-20(26)13-25-21(27)9-7-17(24-25)14-4-2-1-3-5-14/h1-9,12,18H,10-11,13H2,(H,23,26). The molecule has 1 aromatic heterocycles. The first-order valence-corrected chi connectivity index (χ1v) is 9.75. The van der Waals surface area contributed by atoms with Crippen molar-refractivity contribution in [3.63, 3.8) is 0 Å². The van der Waals surface area contributed by atoms with E-state index in [4.69, 9.17) is 4.74 Å². The minimum Gasteiger partial charge on any atom is -0.493 e. The van der Waals surface area contributed by atoms with Crippen LogP contribution in [-0.2, 0) is 11.3 Å². The summed E-state index contributed by atoms with van der Waals surface area (Å²) in [5.74, 6) is 0.499. The summed E-state index contributed by atoms with van der Waals surface area (Å²) in [4.78, 5) is 24.8. The average Bonchev–Trinajstić information content (AvgIpc) is 2.71. The second-order valence-electron chi connectivity index (χ2n) is 6.52. The molecule has 0 aliphatic carbocycles. The van der Waals surface area contributed by atoms with Crippen LogP contribution in [0.15, 0.2) is 69.9 Å². The summed E-state index contributed by atoms with van der Waals surface area (Å²) in [6.07, 6.45) is 0.668. The maximum atomic E-state index is 12.6.